The molecule has 21 heavy (non-hydrogen) atoms. The van der Waals surface area contributed by atoms with Gasteiger partial charge in [0.25, 0.3) is 0 Å². The van der Waals surface area contributed by atoms with Crippen molar-refractivity contribution < 1.29 is 9.59 Å². The van der Waals surface area contributed by atoms with Crippen LogP contribution in [-0.4, -0.2) is 11.6 Å². The van der Waals surface area contributed by atoms with E-state index in [0.717, 1.165) is 16.3 Å². The monoisotopic (exact) mass is 274 g/mol. The van der Waals surface area contributed by atoms with Crippen LogP contribution in [0.3, 0.4) is 0 Å². The second-order valence-corrected chi connectivity index (χ2v) is 5.79. The number of carbonyl (C=O) groups excluding carboxylic acids is 2. The Hall–Kier alpha value is -2.48. The molecule has 2 aliphatic carbocycles. The van der Waals surface area contributed by atoms with Gasteiger partial charge in [-0.15, -0.1) is 0 Å². The number of allylic oxidation sites excluding steroid dienone is 4. The van der Waals surface area contributed by atoms with Crippen molar-refractivity contribution in [2.24, 2.45) is 5.92 Å². The molecule has 1 unspecified atom stereocenters. The number of Topliss-reactive ketones (excluding diaryl/α,β-unsaturated/α-hetero) is 2. The van der Waals surface area contributed by atoms with E-state index in [1.165, 1.54) is 0 Å². The van der Waals surface area contributed by atoms with Gasteiger partial charge in [0.1, 0.15) is 0 Å². The van der Waals surface area contributed by atoms with Gasteiger partial charge in [0.15, 0.2) is 11.6 Å². The topological polar surface area (TPSA) is 34.1 Å². The maximum absolute atomic E-state index is 12.9. The van der Waals surface area contributed by atoms with Crippen LogP contribution in [0.4, 0.5) is 0 Å². The Kier molecular flexibility index (Phi) is 2.35. The Balaban J connectivity index is 2.10. The van der Waals surface area contributed by atoms with Crippen LogP contribution in [0, 0.1) is 12.8 Å². The Bertz CT molecular complexity index is 897. The van der Waals surface area contributed by atoms with Gasteiger partial charge in [0.05, 0.1) is 0 Å². The molecule has 0 fully saturated rings. The first kappa shape index (κ1) is 12.3. The summed E-state index contributed by atoms with van der Waals surface area (Å²) >= 11 is 0. The summed E-state index contributed by atoms with van der Waals surface area (Å²) in [4.78, 5) is 25.6. The highest BCUT2D eigenvalue weighted by atomic mass is 16.1. The Morgan fingerprint density at radius 2 is 1.76 bits per heavy atom. The zero-order valence-electron chi connectivity index (χ0n) is 11.9. The molecule has 4 rings (SSSR count). The highest BCUT2D eigenvalue weighted by molar-refractivity contribution is 6.32. The second-order valence-electron chi connectivity index (χ2n) is 5.79. The third-order valence-electron chi connectivity index (χ3n) is 4.54. The molecule has 1 atom stereocenters. The lowest BCUT2D eigenvalue weighted by Crippen LogP contribution is -2.22. The Morgan fingerprint density at radius 1 is 0.952 bits per heavy atom. The van der Waals surface area contributed by atoms with Gasteiger partial charge < -0.3 is 0 Å². The molecule has 0 aromatic heterocycles. The normalized spacial score (nSPS) is 20.2. The molecule has 0 aliphatic heterocycles. The number of carbonyl (C=O) groups is 2. The van der Waals surface area contributed by atoms with Crippen molar-refractivity contribution in [2.45, 2.75) is 13.8 Å². The van der Waals surface area contributed by atoms with E-state index in [4.69, 9.17) is 0 Å². The van der Waals surface area contributed by atoms with Crippen LogP contribution in [-0.2, 0) is 0 Å². The van der Waals surface area contributed by atoms with Gasteiger partial charge in [0, 0.05) is 28.2 Å². The highest BCUT2D eigenvalue weighted by Gasteiger charge is 2.36. The minimum absolute atomic E-state index is 0.000469. The van der Waals surface area contributed by atoms with Gasteiger partial charge in [-0.3, -0.25) is 9.59 Å². The number of hydrogen-bond acceptors (Lipinski definition) is 2. The number of rotatable bonds is 0. The van der Waals surface area contributed by atoms with Gasteiger partial charge in [-0.25, -0.2) is 0 Å². The van der Waals surface area contributed by atoms with E-state index in [-0.39, 0.29) is 17.5 Å². The van der Waals surface area contributed by atoms with E-state index in [2.05, 4.69) is 0 Å². The predicted molar refractivity (Wildman–Crippen MR) is 82.7 cm³/mol. The molecule has 0 saturated heterocycles. The van der Waals surface area contributed by atoms with Crippen molar-refractivity contribution in [3.05, 3.63) is 70.3 Å². The van der Waals surface area contributed by atoms with Crippen molar-refractivity contribution in [3.8, 4) is 0 Å². The molecule has 0 radical (unpaired) electrons. The fourth-order valence-electron chi connectivity index (χ4n) is 3.43. The van der Waals surface area contributed by atoms with Gasteiger partial charge in [-0.1, -0.05) is 43.3 Å². The second kappa shape index (κ2) is 4.01. The SMILES string of the molecule is Cc1cccc2c3c(ccc12)C(=O)C1=C(C=CC1C)C3=O. The smallest absolute Gasteiger partial charge is 0.194 e. The number of fused-ring (bicyclic) bond motifs is 3. The fourth-order valence-corrected chi connectivity index (χ4v) is 3.43. The standard InChI is InChI=1S/C19H14O2/c1-10-4-3-5-13-12(10)8-9-15-17(13)19(21)14-7-6-11(2)16(14)18(15)20/h3-9,11H,1-2H3. The lowest BCUT2D eigenvalue weighted by molar-refractivity contribution is 0.0975. The summed E-state index contributed by atoms with van der Waals surface area (Å²) in [7, 11) is 0. The molecule has 2 aromatic carbocycles. The lowest BCUT2D eigenvalue weighted by Gasteiger charge is -2.20. The highest BCUT2D eigenvalue weighted by Crippen LogP contribution is 2.38. The van der Waals surface area contributed by atoms with E-state index in [1.807, 2.05) is 44.2 Å². The van der Waals surface area contributed by atoms with Crippen LogP contribution < -0.4 is 0 Å². The lowest BCUT2D eigenvalue weighted by atomic mass is 9.80. The average molecular weight is 274 g/mol. The quantitative estimate of drug-likeness (QED) is 0.727. The molecule has 2 aliphatic rings. The largest absolute Gasteiger partial charge is 0.289 e. The summed E-state index contributed by atoms with van der Waals surface area (Å²) in [6.07, 6.45) is 3.73. The van der Waals surface area contributed by atoms with Gasteiger partial charge >= 0.3 is 0 Å². The predicted octanol–water partition coefficient (Wildman–Crippen LogP) is 4.03. The van der Waals surface area contributed by atoms with Crippen LogP contribution in [0.15, 0.2) is 53.6 Å². The Morgan fingerprint density at radius 3 is 2.57 bits per heavy atom. The molecule has 0 N–H and O–H groups in total. The summed E-state index contributed by atoms with van der Waals surface area (Å²) < 4.78 is 0. The number of aryl methyl sites for hydroxylation is 1. The maximum atomic E-state index is 12.9. The van der Waals surface area contributed by atoms with Gasteiger partial charge in [-0.05, 0) is 29.3 Å². The number of hydrogen-bond donors (Lipinski definition) is 0. The average Bonchev–Trinajstić information content (AvgIpc) is 2.86. The van der Waals surface area contributed by atoms with Crippen LogP contribution in [0.1, 0.15) is 33.2 Å². The summed E-state index contributed by atoms with van der Waals surface area (Å²) in [6, 6.07) is 9.64. The van der Waals surface area contributed by atoms with Crippen molar-refractivity contribution in [2.75, 3.05) is 0 Å². The molecule has 0 heterocycles. The minimum atomic E-state index is -0.0172. The first-order valence-electron chi connectivity index (χ1n) is 7.13. The third kappa shape index (κ3) is 1.47. The number of ketones is 2. The summed E-state index contributed by atoms with van der Waals surface area (Å²) in [5, 5.41) is 1.92. The molecule has 0 bridgehead atoms. The maximum Gasteiger partial charge on any atom is 0.194 e. The first-order chi connectivity index (χ1) is 10.1. The molecular formula is C19H14O2. The van der Waals surface area contributed by atoms with Gasteiger partial charge in [-0.2, -0.15) is 0 Å². The zero-order valence-corrected chi connectivity index (χ0v) is 11.9. The van der Waals surface area contributed by atoms with E-state index in [1.54, 1.807) is 12.1 Å². The molecule has 0 amide bonds. The van der Waals surface area contributed by atoms with Crippen LogP contribution >= 0.6 is 0 Å². The molecule has 2 nitrogen and oxygen atoms in total. The summed E-state index contributed by atoms with van der Waals surface area (Å²) in [6.45, 7) is 3.98. The van der Waals surface area contributed by atoms with Crippen LogP contribution in [0.2, 0.25) is 0 Å². The van der Waals surface area contributed by atoms with Gasteiger partial charge in [0.2, 0.25) is 0 Å². The molecule has 102 valence electrons. The summed E-state index contributed by atoms with van der Waals surface area (Å²) in [5.74, 6) is 0.00899. The zero-order chi connectivity index (χ0) is 14.7. The van der Waals surface area contributed by atoms with E-state index >= 15 is 0 Å². The summed E-state index contributed by atoms with van der Waals surface area (Å²) in [5.41, 5.74) is 3.46. The fraction of sp³-hybridized carbons (Fsp3) is 0.158. The molecule has 0 saturated carbocycles. The molecule has 2 aromatic rings. The van der Waals surface area contributed by atoms with Crippen LogP contribution in [0.5, 0.6) is 0 Å². The minimum Gasteiger partial charge on any atom is -0.289 e. The molecular weight excluding hydrogens is 260 g/mol. The third-order valence-corrected chi connectivity index (χ3v) is 4.54. The van der Waals surface area contributed by atoms with Crippen LogP contribution in [0.25, 0.3) is 10.8 Å². The van der Waals surface area contributed by atoms with Crippen molar-refractivity contribution >= 4 is 22.3 Å². The first-order valence-corrected chi connectivity index (χ1v) is 7.13. The molecule has 0 spiro atoms. The van der Waals surface area contributed by atoms with E-state index in [0.29, 0.717) is 22.3 Å². The Labute approximate surface area is 122 Å². The van der Waals surface area contributed by atoms with E-state index < -0.39 is 0 Å². The molecule has 2 heteroatoms. The van der Waals surface area contributed by atoms with E-state index in [9.17, 15) is 9.59 Å². The number of benzene rings is 2. The van der Waals surface area contributed by atoms with Crippen molar-refractivity contribution in [3.63, 3.8) is 0 Å². The van der Waals surface area contributed by atoms with Crippen molar-refractivity contribution in [1.82, 2.24) is 0 Å². The van der Waals surface area contributed by atoms with Crippen molar-refractivity contribution in [1.29, 1.82) is 0 Å².